The summed E-state index contributed by atoms with van der Waals surface area (Å²) < 4.78 is 13.0. The Hall–Kier alpha value is -2.94. The molecule has 0 bridgehead atoms. The van der Waals surface area contributed by atoms with Crippen LogP contribution in [-0.4, -0.2) is 5.11 Å². The fourth-order valence-electron chi connectivity index (χ4n) is 4.09. The largest absolute Gasteiger partial charge is 0.504 e. The molecule has 3 heteroatoms. The molecule has 0 heterocycles. The zero-order valence-corrected chi connectivity index (χ0v) is 20.1. The molecule has 0 radical (unpaired) electrons. The lowest BCUT2D eigenvalue weighted by molar-refractivity contribution is 0.148. The molecule has 3 nitrogen and oxygen atoms in total. The maximum Gasteiger partial charge on any atom is 0.203 e. The smallest absolute Gasteiger partial charge is 0.203 e. The number of hydrogen-bond donors (Lipinski definition) is 1. The number of para-hydroxylation sites is 1. The van der Waals surface area contributed by atoms with E-state index in [0.29, 0.717) is 11.5 Å². The second-order valence-electron chi connectivity index (χ2n) is 8.63. The van der Waals surface area contributed by atoms with E-state index < -0.39 is 0 Å². The Morgan fingerprint density at radius 3 is 1.64 bits per heavy atom. The van der Waals surface area contributed by atoms with Crippen molar-refractivity contribution in [2.75, 3.05) is 0 Å². The van der Waals surface area contributed by atoms with Gasteiger partial charge in [0, 0.05) is 0 Å². The summed E-state index contributed by atoms with van der Waals surface area (Å²) in [6.07, 6.45) is 8.41. The Kier molecular flexibility index (Phi) is 10.2. The molecule has 1 N–H and O–H groups in total. The van der Waals surface area contributed by atoms with Crippen LogP contribution < -0.4 is 9.47 Å². The van der Waals surface area contributed by atoms with Crippen LogP contribution in [0.3, 0.4) is 0 Å². The minimum absolute atomic E-state index is 0.0860. The number of phenolic OH excluding ortho intramolecular Hbond substituents is 1. The van der Waals surface area contributed by atoms with E-state index >= 15 is 0 Å². The SMILES string of the molecule is CCCCCC(Oc1cccc(O)c1OC(CCCCC)c1ccccc1)c1ccccc1. The van der Waals surface area contributed by atoms with E-state index in [-0.39, 0.29) is 18.0 Å². The first-order valence-corrected chi connectivity index (χ1v) is 12.5. The Labute approximate surface area is 199 Å². The molecule has 0 aliphatic heterocycles. The van der Waals surface area contributed by atoms with E-state index in [2.05, 4.69) is 38.1 Å². The van der Waals surface area contributed by atoms with E-state index in [1.807, 2.05) is 48.5 Å². The second kappa shape index (κ2) is 13.6. The Morgan fingerprint density at radius 1 is 0.606 bits per heavy atom. The number of phenols is 1. The van der Waals surface area contributed by atoms with Gasteiger partial charge in [-0.05, 0) is 48.9 Å². The Morgan fingerprint density at radius 2 is 1.12 bits per heavy atom. The van der Waals surface area contributed by atoms with Crippen LogP contribution in [0.5, 0.6) is 17.2 Å². The van der Waals surface area contributed by atoms with Gasteiger partial charge in [0.1, 0.15) is 12.2 Å². The minimum Gasteiger partial charge on any atom is -0.504 e. The third-order valence-electron chi connectivity index (χ3n) is 5.97. The molecule has 0 amide bonds. The average Bonchev–Trinajstić information content (AvgIpc) is 2.85. The van der Waals surface area contributed by atoms with Crippen molar-refractivity contribution in [1.82, 2.24) is 0 Å². The standard InChI is InChI=1S/C30H38O3/c1-3-5-9-21-27(24-16-11-7-12-17-24)32-29-23-15-20-26(31)30(29)33-28(22-10-6-4-2)25-18-13-8-14-19-25/h7-8,11-20,23,27-28,31H,3-6,9-10,21-22H2,1-2H3. The summed E-state index contributed by atoms with van der Waals surface area (Å²) in [6, 6.07) is 26.0. The molecule has 33 heavy (non-hydrogen) atoms. The number of ether oxygens (including phenoxy) is 2. The fourth-order valence-corrected chi connectivity index (χ4v) is 4.09. The van der Waals surface area contributed by atoms with Crippen LogP contribution in [0.25, 0.3) is 0 Å². The molecule has 0 spiro atoms. The molecule has 0 aliphatic carbocycles. The highest BCUT2D eigenvalue weighted by molar-refractivity contribution is 5.51. The fraction of sp³-hybridized carbons (Fsp3) is 0.400. The number of unbranched alkanes of at least 4 members (excludes halogenated alkanes) is 4. The topological polar surface area (TPSA) is 38.7 Å². The van der Waals surface area contributed by atoms with Crippen LogP contribution >= 0.6 is 0 Å². The first-order valence-electron chi connectivity index (χ1n) is 12.5. The van der Waals surface area contributed by atoms with Crippen molar-refractivity contribution >= 4 is 0 Å². The second-order valence-corrected chi connectivity index (χ2v) is 8.63. The van der Waals surface area contributed by atoms with Crippen LogP contribution in [-0.2, 0) is 0 Å². The van der Waals surface area contributed by atoms with E-state index in [9.17, 15) is 5.11 Å². The maximum absolute atomic E-state index is 10.8. The number of hydrogen-bond acceptors (Lipinski definition) is 3. The summed E-state index contributed by atoms with van der Waals surface area (Å²) in [5, 5.41) is 10.8. The average molecular weight is 447 g/mol. The van der Waals surface area contributed by atoms with Crippen LogP contribution in [0.1, 0.15) is 88.5 Å². The van der Waals surface area contributed by atoms with Crippen LogP contribution in [0.4, 0.5) is 0 Å². The van der Waals surface area contributed by atoms with Gasteiger partial charge in [0.15, 0.2) is 11.5 Å². The first kappa shape index (κ1) is 24.7. The molecule has 176 valence electrons. The van der Waals surface area contributed by atoms with Gasteiger partial charge in [0.25, 0.3) is 0 Å². The van der Waals surface area contributed by atoms with Crippen molar-refractivity contribution in [3.63, 3.8) is 0 Å². The molecular formula is C30H38O3. The predicted octanol–water partition coefficient (Wildman–Crippen LogP) is 8.79. The highest BCUT2D eigenvalue weighted by Gasteiger charge is 2.21. The zero-order valence-electron chi connectivity index (χ0n) is 20.1. The molecule has 2 atom stereocenters. The molecular weight excluding hydrogens is 408 g/mol. The van der Waals surface area contributed by atoms with Crippen molar-refractivity contribution in [3.05, 3.63) is 90.0 Å². The molecule has 0 aromatic heterocycles. The van der Waals surface area contributed by atoms with Gasteiger partial charge in [-0.3, -0.25) is 0 Å². The quantitative estimate of drug-likeness (QED) is 0.251. The van der Waals surface area contributed by atoms with Crippen molar-refractivity contribution in [3.8, 4) is 17.2 Å². The lowest BCUT2D eigenvalue weighted by atomic mass is 10.0. The monoisotopic (exact) mass is 446 g/mol. The highest BCUT2D eigenvalue weighted by atomic mass is 16.5. The lowest BCUT2D eigenvalue weighted by Gasteiger charge is -2.25. The van der Waals surface area contributed by atoms with E-state index in [0.717, 1.165) is 49.7 Å². The summed E-state index contributed by atoms with van der Waals surface area (Å²) >= 11 is 0. The predicted molar refractivity (Wildman–Crippen MR) is 136 cm³/mol. The van der Waals surface area contributed by atoms with Gasteiger partial charge >= 0.3 is 0 Å². The van der Waals surface area contributed by atoms with Crippen molar-refractivity contribution < 1.29 is 14.6 Å². The summed E-state index contributed by atoms with van der Waals surface area (Å²) in [4.78, 5) is 0. The van der Waals surface area contributed by atoms with E-state index in [1.165, 1.54) is 12.8 Å². The molecule has 0 saturated carbocycles. The van der Waals surface area contributed by atoms with Gasteiger partial charge in [0.05, 0.1) is 0 Å². The number of aromatic hydroxyl groups is 1. The number of benzene rings is 3. The summed E-state index contributed by atoms with van der Waals surface area (Å²) in [5.74, 6) is 1.14. The van der Waals surface area contributed by atoms with Crippen molar-refractivity contribution in [1.29, 1.82) is 0 Å². The Bertz CT molecular complexity index is 924. The molecule has 2 unspecified atom stereocenters. The van der Waals surface area contributed by atoms with Crippen LogP contribution in [0.2, 0.25) is 0 Å². The molecule has 3 aromatic carbocycles. The lowest BCUT2D eigenvalue weighted by Crippen LogP contribution is -2.12. The van der Waals surface area contributed by atoms with E-state index in [4.69, 9.17) is 9.47 Å². The molecule has 3 aromatic rings. The summed E-state index contributed by atoms with van der Waals surface area (Å²) in [6.45, 7) is 4.41. The van der Waals surface area contributed by atoms with Crippen molar-refractivity contribution in [2.24, 2.45) is 0 Å². The van der Waals surface area contributed by atoms with Gasteiger partial charge in [-0.1, -0.05) is 106 Å². The normalized spacial score (nSPS) is 12.8. The number of rotatable bonds is 14. The highest BCUT2D eigenvalue weighted by Crippen LogP contribution is 2.42. The van der Waals surface area contributed by atoms with Crippen LogP contribution in [0.15, 0.2) is 78.9 Å². The van der Waals surface area contributed by atoms with Gasteiger partial charge in [0.2, 0.25) is 5.75 Å². The molecule has 3 rings (SSSR count). The maximum atomic E-state index is 10.8. The van der Waals surface area contributed by atoms with Gasteiger partial charge in [-0.15, -0.1) is 0 Å². The third-order valence-corrected chi connectivity index (χ3v) is 5.97. The van der Waals surface area contributed by atoms with Gasteiger partial charge in [-0.2, -0.15) is 0 Å². The van der Waals surface area contributed by atoms with E-state index in [1.54, 1.807) is 6.07 Å². The molecule has 0 fully saturated rings. The third kappa shape index (κ3) is 7.56. The zero-order chi connectivity index (χ0) is 23.3. The summed E-state index contributed by atoms with van der Waals surface area (Å²) in [7, 11) is 0. The van der Waals surface area contributed by atoms with Crippen molar-refractivity contribution in [2.45, 2.75) is 77.4 Å². The summed E-state index contributed by atoms with van der Waals surface area (Å²) in [5.41, 5.74) is 2.26. The van der Waals surface area contributed by atoms with Gasteiger partial charge in [-0.25, -0.2) is 0 Å². The first-order chi connectivity index (χ1) is 16.2. The molecule has 0 saturated heterocycles. The Balaban J connectivity index is 1.86. The van der Waals surface area contributed by atoms with Gasteiger partial charge < -0.3 is 14.6 Å². The minimum atomic E-state index is -0.135. The van der Waals surface area contributed by atoms with Crippen LogP contribution in [0, 0.1) is 0 Å². The molecule has 0 aliphatic rings.